The number of halogens is 5. The lowest BCUT2D eigenvalue weighted by molar-refractivity contribution is -0.0216. The van der Waals surface area contributed by atoms with Crippen molar-refractivity contribution in [2.24, 2.45) is 0 Å². The van der Waals surface area contributed by atoms with Gasteiger partial charge in [0.05, 0.1) is 27.8 Å². The molecular weight excluding hydrogens is 911 g/mol. The average Bonchev–Trinajstić information content (AvgIpc) is 3.18. The van der Waals surface area contributed by atoms with Crippen molar-refractivity contribution in [2.75, 3.05) is 13.1 Å². The molecule has 0 N–H and O–H groups in total. The number of ketones is 1. The summed E-state index contributed by atoms with van der Waals surface area (Å²) in [5, 5.41) is 0. The number of hydrogen-bond donors (Lipinski definition) is 0. The molecule has 16 heteroatoms. The first-order valence-corrected chi connectivity index (χ1v) is 25.3. The molecule has 67 heavy (non-hydrogen) atoms. The molecular formula is C51H66F5NO8P2. The molecule has 0 aromatic heterocycles. The van der Waals surface area contributed by atoms with E-state index < -0.39 is 77.1 Å². The Morgan fingerprint density at radius 3 is 1.07 bits per heavy atom. The zero-order valence-electron chi connectivity index (χ0n) is 41.1. The van der Waals surface area contributed by atoms with Crippen LogP contribution in [0.15, 0.2) is 97.1 Å². The molecule has 0 aliphatic rings. The van der Waals surface area contributed by atoms with Gasteiger partial charge in [-0.3, -0.25) is 36.8 Å². The van der Waals surface area contributed by atoms with Crippen molar-refractivity contribution in [2.45, 2.75) is 149 Å². The molecule has 0 fully saturated rings. The maximum atomic E-state index is 16.5. The summed E-state index contributed by atoms with van der Waals surface area (Å²) in [6.45, 7) is 22.3. The summed E-state index contributed by atoms with van der Waals surface area (Å²) in [4.78, 5) is 30.3. The zero-order valence-corrected chi connectivity index (χ0v) is 42.9. The Labute approximate surface area is 393 Å². The highest BCUT2D eigenvalue weighted by molar-refractivity contribution is 7.55. The van der Waals surface area contributed by atoms with E-state index in [2.05, 4.69) is 0 Å². The van der Waals surface area contributed by atoms with Crippen molar-refractivity contribution in [1.29, 1.82) is 0 Å². The molecule has 0 unspecified atom stereocenters. The van der Waals surface area contributed by atoms with Gasteiger partial charge in [0.1, 0.15) is 5.82 Å². The number of carbonyl (C=O) groups is 2. The largest absolute Gasteiger partial charge is 0.405 e. The number of hydrogen-bond acceptors (Lipinski definition) is 8. The second-order valence-electron chi connectivity index (χ2n) is 20.6. The van der Waals surface area contributed by atoms with Gasteiger partial charge in [0.2, 0.25) is 0 Å². The Kier molecular flexibility index (Phi) is 16.7. The van der Waals surface area contributed by atoms with Gasteiger partial charge in [-0.05, 0) is 163 Å². The number of carbonyl (C=O) groups excluding carboxylic acids is 2. The highest BCUT2D eigenvalue weighted by Gasteiger charge is 2.59. The normalized spacial score (nSPS) is 13.7. The number of nitrogens with zero attached hydrogens (tertiary/aromatic N) is 1. The minimum atomic E-state index is -5.21. The molecule has 4 rings (SSSR count). The number of alkyl halides is 4. The van der Waals surface area contributed by atoms with Crippen molar-refractivity contribution >= 4 is 26.9 Å². The fourth-order valence-electron chi connectivity index (χ4n) is 7.43. The van der Waals surface area contributed by atoms with Gasteiger partial charge in [0.15, 0.2) is 5.78 Å². The molecule has 0 aliphatic carbocycles. The molecule has 368 valence electrons. The van der Waals surface area contributed by atoms with E-state index in [4.69, 9.17) is 18.1 Å². The minimum absolute atomic E-state index is 0.0789. The van der Waals surface area contributed by atoms with Crippen molar-refractivity contribution in [3.8, 4) is 0 Å². The van der Waals surface area contributed by atoms with Gasteiger partial charge in [0.25, 0.3) is 5.91 Å². The Morgan fingerprint density at radius 2 is 0.776 bits per heavy atom. The van der Waals surface area contributed by atoms with E-state index >= 15 is 22.4 Å². The molecule has 0 bridgehead atoms. The number of amides is 1. The smallest absolute Gasteiger partial charge is 0.339 e. The van der Waals surface area contributed by atoms with E-state index in [0.717, 1.165) is 36.4 Å². The molecule has 0 saturated carbocycles. The van der Waals surface area contributed by atoms with Gasteiger partial charge in [-0.15, -0.1) is 0 Å². The fraction of sp³-hybridized carbons (Fsp3) is 0.490. The van der Waals surface area contributed by atoms with Gasteiger partial charge in [-0.25, -0.2) is 4.39 Å². The van der Waals surface area contributed by atoms with Crippen LogP contribution in [0.2, 0.25) is 0 Å². The summed E-state index contributed by atoms with van der Waals surface area (Å²) in [6, 6.07) is 21.0. The van der Waals surface area contributed by atoms with Crippen LogP contribution < -0.4 is 0 Å². The lowest BCUT2D eigenvalue weighted by Crippen LogP contribution is -2.41. The van der Waals surface area contributed by atoms with Crippen molar-refractivity contribution in [1.82, 2.24) is 4.90 Å². The van der Waals surface area contributed by atoms with Crippen LogP contribution in [0.1, 0.15) is 145 Å². The molecule has 0 saturated heterocycles. The lowest BCUT2D eigenvalue weighted by Gasteiger charge is -2.36. The molecule has 1 amide bonds. The minimum Gasteiger partial charge on any atom is -0.339 e. The Balaban J connectivity index is 1.96. The predicted octanol–water partition coefficient (Wildman–Crippen LogP) is 14.7. The van der Waals surface area contributed by atoms with Crippen LogP contribution in [0, 0.1) is 5.82 Å². The van der Waals surface area contributed by atoms with Crippen LogP contribution in [-0.4, -0.2) is 52.1 Å². The maximum absolute atomic E-state index is 16.5. The number of Topliss-reactive ketones (excluding diaryl/α,β-unsaturated/α-hetero) is 1. The third-order valence-electron chi connectivity index (χ3n) is 10.2. The monoisotopic (exact) mass is 977 g/mol. The zero-order chi connectivity index (χ0) is 50.8. The fourth-order valence-corrected chi connectivity index (χ4v) is 11.8. The van der Waals surface area contributed by atoms with Crippen LogP contribution in [-0.2, 0) is 56.8 Å². The Hall–Kier alpha value is -4.03. The van der Waals surface area contributed by atoms with Crippen LogP contribution >= 0.6 is 15.2 Å². The van der Waals surface area contributed by atoms with E-state index in [-0.39, 0.29) is 24.3 Å². The van der Waals surface area contributed by atoms with Gasteiger partial charge < -0.3 is 4.90 Å². The van der Waals surface area contributed by atoms with Gasteiger partial charge in [-0.1, -0.05) is 60.7 Å². The van der Waals surface area contributed by atoms with E-state index in [0.29, 0.717) is 35.3 Å². The predicted molar refractivity (Wildman–Crippen MR) is 253 cm³/mol. The van der Waals surface area contributed by atoms with Crippen molar-refractivity contribution < 1.29 is 58.8 Å². The molecule has 9 nitrogen and oxygen atoms in total. The quantitative estimate of drug-likeness (QED) is 0.0551. The SMILES string of the molecule is CCN(CC)C(=O)c1ccc(C(Cc2ccc(C(F)(F)P(=O)(OC(C)(C)C)OC(C)(C)C)cc2)(Cc2ccc(C(F)(F)P(=O)(OC(C)(C)C)OC(C)(C)C)cc2)C(=O)c2ccc(F)cc2)cc1. The van der Waals surface area contributed by atoms with E-state index in [1.54, 1.807) is 29.2 Å². The van der Waals surface area contributed by atoms with E-state index in [9.17, 15) is 18.3 Å². The van der Waals surface area contributed by atoms with Gasteiger partial charge >= 0.3 is 26.5 Å². The molecule has 4 aromatic rings. The first-order chi connectivity index (χ1) is 30.5. The number of benzene rings is 4. The van der Waals surface area contributed by atoms with E-state index in [1.165, 1.54) is 119 Å². The van der Waals surface area contributed by atoms with Gasteiger partial charge in [-0.2, -0.15) is 17.6 Å². The highest BCUT2D eigenvalue weighted by Crippen LogP contribution is 2.71. The lowest BCUT2D eigenvalue weighted by atomic mass is 9.66. The molecule has 0 heterocycles. The first kappa shape index (κ1) is 55.6. The molecule has 0 spiro atoms. The summed E-state index contributed by atoms with van der Waals surface area (Å²) in [6.07, 6.45) is -0.391. The average molecular weight is 978 g/mol. The Morgan fingerprint density at radius 1 is 0.478 bits per heavy atom. The summed E-state index contributed by atoms with van der Waals surface area (Å²) >= 11 is 0. The standard InChI is InChI=1S/C51H66F5NO8P2/c1-15-57(16-2)44(59)38-21-29-39(30-22-38)49(43(58)37-23-31-42(52)32-24-37,33-35-17-25-40(26-18-35)50(53,54)66(60,62-45(3,4)5)63-46(6,7)8)34-36-19-27-41(28-20-36)51(55,56)67(61,64-47(9,10)11)65-48(12,13)14/h17-32H,15-16,33-34H2,1-14H3. The first-order valence-electron chi connectivity index (χ1n) is 22.2. The van der Waals surface area contributed by atoms with Crippen LogP contribution in [0.25, 0.3) is 0 Å². The summed E-state index contributed by atoms with van der Waals surface area (Å²) in [7, 11) is -10.4. The summed E-state index contributed by atoms with van der Waals surface area (Å²) in [5.41, 5.74) is -15.0. The molecule has 0 radical (unpaired) electrons. The third kappa shape index (κ3) is 13.6. The topological polar surface area (TPSA) is 108 Å². The van der Waals surface area contributed by atoms with Crippen molar-refractivity contribution in [3.63, 3.8) is 0 Å². The summed E-state index contributed by atoms with van der Waals surface area (Å²) in [5.74, 6) is -1.41. The van der Waals surface area contributed by atoms with Crippen LogP contribution in [0.5, 0.6) is 0 Å². The maximum Gasteiger partial charge on any atom is 0.405 e. The summed E-state index contributed by atoms with van der Waals surface area (Å²) < 4.78 is 131. The molecule has 4 aromatic carbocycles. The highest BCUT2D eigenvalue weighted by atomic mass is 31.2. The van der Waals surface area contributed by atoms with Crippen molar-refractivity contribution in [3.05, 3.63) is 142 Å². The Bertz CT molecular complexity index is 2280. The third-order valence-corrected chi connectivity index (χ3v) is 15.2. The molecule has 0 aliphatic heterocycles. The second-order valence-corrected chi connectivity index (χ2v) is 24.5. The van der Waals surface area contributed by atoms with E-state index in [1.807, 2.05) is 13.8 Å². The van der Waals surface area contributed by atoms with Crippen LogP contribution in [0.3, 0.4) is 0 Å². The number of rotatable bonds is 18. The van der Waals surface area contributed by atoms with Gasteiger partial charge in [0, 0.05) is 35.3 Å². The molecule has 0 atom stereocenters. The second kappa shape index (κ2) is 20.1. The van der Waals surface area contributed by atoms with Crippen LogP contribution in [0.4, 0.5) is 22.0 Å².